The maximum atomic E-state index is 12.0. The molecule has 2 aromatic heterocycles. The SMILES string of the molecule is C=CC(=O)N1CC2(CCN(c3nc4c(c(NC(CCC(C)C)c5cc(C)on5)n3)CCC(C)(C)C4)C2)C1. The quantitative estimate of drug-likeness (QED) is 0.498. The van der Waals surface area contributed by atoms with Crippen LogP contribution in [0.25, 0.3) is 0 Å². The molecule has 5 rings (SSSR count). The van der Waals surface area contributed by atoms with Crippen molar-refractivity contribution in [1.29, 1.82) is 0 Å². The zero-order valence-electron chi connectivity index (χ0n) is 23.1. The lowest BCUT2D eigenvalue weighted by atomic mass is 9.76. The summed E-state index contributed by atoms with van der Waals surface area (Å²) < 4.78 is 5.45. The average Bonchev–Trinajstić information content (AvgIpc) is 3.46. The Morgan fingerprint density at radius 1 is 1.22 bits per heavy atom. The van der Waals surface area contributed by atoms with Crippen LogP contribution in [0.15, 0.2) is 23.2 Å². The number of rotatable bonds is 8. The average molecular weight is 507 g/mol. The van der Waals surface area contributed by atoms with E-state index in [1.54, 1.807) is 0 Å². The Bertz CT molecular complexity index is 1160. The minimum atomic E-state index is 0.0263. The number of hydrogen-bond donors (Lipinski definition) is 1. The fraction of sp³-hybridized carbons (Fsp3) is 0.655. The van der Waals surface area contributed by atoms with Crippen molar-refractivity contribution in [3.05, 3.63) is 41.4 Å². The molecular weight excluding hydrogens is 464 g/mol. The number of likely N-dealkylation sites (tertiary alicyclic amines) is 1. The molecule has 1 spiro atoms. The number of amides is 1. The second-order valence-electron chi connectivity index (χ2n) is 12.7. The van der Waals surface area contributed by atoms with E-state index in [9.17, 15) is 4.79 Å². The molecule has 1 N–H and O–H groups in total. The summed E-state index contributed by atoms with van der Waals surface area (Å²) in [4.78, 5) is 26.5. The first kappa shape index (κ1) is 25.7. The molecule has 0 aromatic carbocycles. The third kappa shape index (κ3) is 5.39. The van der Waals surface area contributed by atoms with Crippen molar-refractivity contribution in [2.75, 3.05) is 36.4 Å². The van der Waals surface area contributed by atoms with Gasteiger partial charge in [-0.05, 0) is 62.9 Å². The van der Waals surface area contributed by atoms with Gasteiger partial charge < -0.3 is 19.6 Å². The lowest BCUT2D eigenvalue weighted by Crippen LogP contribution is -2.59. The first-order valence-corrected chi connectivity index (χ1v) is 13.8. The summed E-state index contributed by atoms with van der Waals surface area (Å²) in [6.07, 6.45) is 7.57. The van der Waals surface area contributed by atoms with Gasteiger partial charge in [0.2, 0.25) is 11.9 Å². The number of fused-ring (bicyclic) bond motifs is 1. The number of nitrogens with one attached hydrogen (secondary N) is 1. The molecule has 3 aliphatic rings. The van der Waals surface area contributed by atoms with Crippen LogP contribution >= 0.6 is 0 Å². The molecule has 1 aliphatic carbocycles. The highest BCUT2D eigenvalue weighted by Crippen LogP contribution is 2.43. The van der Waals surface area contributed by atoms with E-state index in [4.69, 9.17) is 14.5 Å². The van der Waals surface area contributed by atoms with Crippen molar-refractivity contribution >= 4 is 17.7 Å². The molecule has 1 atom stereocenters. The summed E-state index contributed by atoms with van der Waals surface area (Å²) >= 11 is 0. The van der Waals surface area contributed by atoms with E-state index in [1.165, 1.54) is 17.3 Å². The Morgan fingerprint density at radius 2 is 2.00 bits per heavy atom. The minimum Gasteiger partial charge on any atom is -0.361 e. The lowest BCUT2D eigenvalue weighted by Gasteiger charge is -2.47. The van der Waals surface area contributed by atoms with E-state index in [-0.39, 0.29) is 22.8 Å². The molecule has 8 nitrogen and oxygen atoms in total. The minimum absolute atomic E-state index is 0.0263. The third-order valence-electron chi connectivity index (χ3n) is 8.39. The number of aryl methyl sites for hydroxylation is 1. The van der Waals surface area contributed by atoms with E-state index in [0.717, 1.165) is 87.9 Å². The van der Waals surface area contributed by atoms with Gasteiger partial charge in [-0.3, -0.25) is 4.79 Å². The van der Waals surface area contributed by atoms with Crippen molar-refractivity contribution in [3.63, 3.8) is 0 Å². The van der Waals surface area contributed by atoms with Gasteiger partial charge in [-0.1, -0.05) is 39.4 Å². The summed E-state index contributed by atoms with van der Waals surface area (Å²) in [6, 6.07) is 2.07. The van der Waals surface area contributed by atoms with Crippen molar-refractivity contribution < 1.29 is 9.32 Å². The number of anilines is 2. The monoisotopic (exact) mass is 506 g/mol. The first-order chi connectivity index (χ1) is 17.6. The molecule has 1 amide bonds. The highest BCUT2D eigenvalue weighted by atomic mass is 16.5. The second-order valence-corrected chi connectivity index (χ2v) is 12.7. The highest BCUT2D eigenvalue weighted by Gasteiger charge is 2.49. The van der Waals surface area contributed by atoms with Crippen LogP contribution in [-0.2, 0) is 17.6 Å². The summed E-state index contributed by atoms with van der Waals surface area (Å²) in [5, 5.41) is 8.16. The third-order valence-corrected chi connectivity index (χ3v) is 8.39. The molecule has 8 heteroatoms. The predicted octanol–water partition coefficient (Wildman–Crippen LogP) is 5.10. The fourth-order valence-electron chi connectivity index (χ4n) is 6.11. The smallest absolute Gasteiger partial charge is 0.245 e. The topological polar surface area (TPSA) is 87.4 Å². The van der Waals surface area contributed by atoms with Crippen LogP contribution in [-0.4, -0.2) is 52.1 Å². The van der Waals surface area contributed by atoms with Crippen molar-refractivity contribution in [2.45, 2.75) is 79.2 Å². The van der Waals surface area contributed by atoms with E-state index in [0.29, 0.717) is 5.92 Å². The van der Waals surface area contributed by atoms with Gasteiger partial charge in [-0.2, -0.15) is 4.98 Å². The first-order valence-electron chi connectivity index (χ1n) is 13.8. The molecule has 2 saturated heterocycles. The summed E-state index contributed by atoms with van der Waals surface area (Å²) in [5.74, 6) is 3.21. The van der Waals surface area contributed by atoms with Crippen LogP contribution in [0.3, 0.4) is 0 Å². The Balaban J connectivity index is 1.43. The molecule has 2 fully saturated rings. The number of carbonyl (C=O) groups is 1. The van der Waals surface area contributed by atoms with Crippen LogP contribution in [0, 0.1) is 23.7 Å². The number of carbonyl (C=O) groups excluding carboxylic acids is 1. The van der Waals surface area contributed by atoms with Crippen LogP contribution in [0.4, 0.5) is 11.8 Å². The maximum Gasteiger partial charge on any atom is 0.245 e. The van der Waals surface area contributed by atoms with E-state index >= 15 is 0 Å². The largest absolute Gasteiger partial charge is 0.361 e. The molecular formula is C29H42N6O2. The Morgan fingerprint density at radius 3 is 2.68 bits per heavy atom. The van der Waals surface area contributed by atoms with Crippen molar-refractivity contribution in [1.82, 2.24) is 20.0 Å². The van der Waals surface area contributed by atoms with Crippen LogP contribution in [0.5, 0.6) is 0 Å². The van der Waals surface area contributed by atoms with E-state index < -0.39 is 0 Å². The van der Waals surface area contributed by atoms with Gasteiger partial charge in [0.15, 0.2) is 0 Å². The van der Waals surface area contributed by atoms with Crippen molar-refractivity contribution in [3.8, 4) is 0 Å². The Kier molecular flexibility index (Phi) is 6.79. The lowest BCUT2D eigenvalue weighted by molar-refractivity contribution is -0.136. The van der Waals surface area contributed by atoms with E-state index in [2.05, 4.69) is 49.6 Å². The summed E-state index contributed by atoms with van der Waals surface area (Å²) in [6.45, 7) is 18.1. The van der Waals surface area contributed by atoms with Gasteiger partial charge in [0.25, 0.3) is 0 Å². The molecule has 0 saturated carbocycles. The molecule has 0 radical (unpaired) electrons. The molecule has 37 heavy (non-hydrogen) atoms. The van der Waals surface area contributed by atoms with Crippen molar-refractivity contribution in [2.24, 2.45) is 16.7 Å². The molecule has 4 heterocycles. The van der Waals surface area contributed by atoms with E-state index in [1.807, 2.05) is 17.9 Å². The number of hydrogen-bond acceptors (Lipinski definition) is 7. The Hall–Kier alpha value is -2.90. The Labute approximate surface area is 220 Å². The van der Waals surface area contributed by atoms with Crippen LogP contribution < -0.4 is 10.2 Å². The molecule has 1 unspecified atom stereocenters. The van der Waals surface area contributed by atoms with Crippen LogP contribution in [0.2, 0.25) is 0 Å². The van der Waals surface area contributed by atoms with Gasteiger partial charge in [0.05, 0.1) is 11.7 Å². The fourth-order valence-corrected chi connectivity index (χ4v) is 6.11. The summed E-state index contributed by atoms with van der Waals surface area (Å²) in [7, 11) is 0. The van der Waals surface area contributed by atoms with Gasteiger partial charge >= 0.3 is 0 Å². The standard InChI is InChI=1S/C29H42N6O2/c1-7-25(36)35-17-29(18-35)12-13-34(16-29)27-31-24-15-28(5,6)11-10-21(24)26(32-27)30-22(9-8-19(2)3)23-14-20(4)37-33-23/h7,14,19,22H,1,8-13,15-18H2,2-6H3,(H,30,31,32). The highest BCUT2D eigenvalue weighted by molar-refractivity contribution is 5.87. The van der Waals surface area contributed by atoms with Crippen LogP contribution in [0.1, 0.15) is 82.1 Å². The van der Waals surface area contributed by atoms with Gasteiger partial charge in [0, 0.05) is 43.2 Å². The molecule has 0 bridgehead atoms. The number of nitrogens with zero attached hydrogens (tertiary/aromatic N) is 5. The zero-order valence-corrected chi connectivity index (χ0v) is 23.1. The number of aromatic nitrogens is 3. The predicted molar refractivity (Wildman–Crippen MR) is 146 cm³/mol. The van der Waals surface area contributed by atoms with Gasteiger partial charge in [-0.15, -0.1) is 0 Å². The normalized spacial score (nSPS) is 20.6. The molecule has 2 aliphatic heterocycles. The van der Waals surface area contributed by atoms with Gasteiger partial charge in [0.1, 0.15) is 17.3 Å². The second kappa shape index (κ2) is 9.76. The molecule has 200 valence electrons. The zero-order chi connectivity index (χ0) is 26.4. The summed E-state index contributed by atoms with van der Waals surface area (Å²) in [5.41, 5.74) is 3.72. The molecule has 2 aromatic rings. The maximum absolute atomic E-state index is 12.0. The van der Waals surface area contributed by atoms with Gasteiger partial charge in [-0.25, -0.2) is 4.98 Å².